The Kier molecular flexibility index (Phi) is 6.99. The molecule has 0 radical (unpaired) electrons. The molecule has 0 unspecified atom stereocenters. The Labute approximate surface area is 157 Å². The molecule has 26 heavy (non-hydrogen) atoms. The number of aromatic nitrogens is 2. The first kappa shape index (κ1) is 20.2. The molecule has 2 aromatic rings. The van der Waals surface area contributed by atoms with Crippen LogP contribution in [0.3, 0.4) is 0 Å². The van der Waals surface area contributed by atoms with Crippen LogP contribution in [0.15, 0.2) is 18.2 Å². The van der Waals surface area contributed by atoms with Crippen LogP contribution < -0.4 is 5.32 Å². The van der Waals surface area contributed by atoms with Crippen molar-refractivity contribution in [1.29, 1.82) is 0 Å². The van der Waals surface area contributed by atoms with Crippen molar-refractivity contribution in [3.63, 3.8) is 0 Å². The zero-order valence-corrected chi connectivity index (χ0v) is 16.2. The predicted molar refractivity (Wildman–Crippen MR) is 100 cm³/mol. The second-order valence-corrected chi connectivity index (χ2v) is 6.37. The lowest BCUT2D eigenvalue weighted by atomic mass is 10.2. The zero-order chi connectivity index (χ0) is 19.3. The molecule has 0 bridgehead atoms. The number of amides is 2. The van der Waals surface area contributed by atoms with Crippen LogP contribution in [0.2, 0.25) is 5.02 Å². The van der Waals surface area contributed by atoms with E-state index in [-0.39, 0.29) is 10.7 Å². The summed E-state index contributed by atoms with van der Waals surface area (Å²) in [7, 11) is 1.57. The third-order valence-electron chi connectivity index (χ3n) is 4.21. The third kappa shape index (κ3) is 4.74. The fourth-order valence-corrected chi connectivity index (χ4v) is 2.86. The van der Waals surface area contributed by atoms with Gasteiger partial charge in [0, 0.05) is 36.5 Å². The minimum atomic E-state index is -0.580. The average Bonchev–Trinajstić information content (AvgIpc) is 2.87. The number of benzene rings is 1. The molecular formula is C18H24ClFN4O2. The van der Waals surface area contributed by atoms with Gasteiger partial charge in [-0.2, -0.15) is 5.10 Å². The smallest absolute Gasteiger partial charge is 0.322 e. The highest BCUT2D eigenvalue weighted by Gasteiger charge is 2.20. The Morgan fingerprint density at radius 1 is 1.42 bits per heavy atom. The first-order valence-electron chi connectivity index (χ1n) is 8.40. The number of halogens is 2. The van der Waals surface area contributed by atoms with E-state index >= 15 is 0 Å². The standard InChI is InChI=1S/C18H24ClFN4O2/c1-5-24-13(3)15(12(2)22-24)11-23(8-9-26-4)18(25)21-17-7-6-14(19)10-16(17)20/h6-7,10H,5,8-9,11H2,1-4H3,(H,21,25). The highest BCUT2D eigenvalue weighted by Crippen LogP contribution is 2.20. The SMILES string of the molecule is CCn1nc(C)c(CN(CCOC)C(=O)Nc2ccc(Cl)cc2F)c1C. The number of aryl methyl sites for hydroxylation is 2. The van der Waals surface area contributed by atoms with Crippen LogP contribution in [0, 0.1) is 19.7 Å². The number of carbonyl (C=O) groups is 1. The summed E-state index contributed by atoms with van der Waals surface area (Å²) in [4.78, 5) is 14.3. The van der Waals surface area contributed by atoms with Crippen LogP contribution in [0.4, 0.5) is 14.9 Å². The molecule has 2 rings (SSSR count). The molecule has 1 aromatic heterocycles. The molecule has 142 valence electrons. The Morgan fingerprint density at radius 3 is 2.73 bits per heavy atom. The fourth-order valence-electron chi connectivity index (χ4n) is 2.70. The first-order valence-corrected chi connectivity index (χ1v) is 8.78. The predicted octanol–water partition coefficient (Wildman–Crippen LogP) is 3.99. The lowest BCUT2D eigenvalue weighted by molar-refractivity contribution is 0.152. The van der Waals surface area contributed by atoms with E-state index in [1.165, 1.54) is 12.1 Å². The number of rotatable bonds is 7. The summed E-state index contributed by atoms with van der Waals surface area (Å²) in [6.45, 7) is 7.77. The van der Waals surface area contributed by atoms with Gasteiger partial charge in [-0.15, -0.1) is 0 Å². The Morgan fingerprint density at radius 2 is 2.15 bits per heavy atom. The van der Waals surface area contributed by atoms with Crippen LogP contribution in [-0.2, 0) is 17.8 Å². The Bertz CT molecular complexity index is 779. The highest BCUT2D eigenvalue weighted by atomic mass is 35.5. The van der Waals surface area contributed by atoms with E-state index in [1.807, 2.05) is 25.5 Å². The van der Waals surface area contributed by atoms with Crippen LogP contribution in [0.25, 0.3) is 0 Å². The monoisotopic (exact) mass is 382 g/mol. The molecular weight excluding hydrogens is 359 g/mol. The number of methoxy groups -OCH3 is 1. The van der Waals surface area contributed by atoms with Gasteiger partial charge in [-0.05, 0) is 39.0 Å². The molecule has 2 amide bonds. The maximum Gasteiger partial charge on any atom is 0.322 e. The molecule has 1 N–H and O–H groups in total. The number of ether oxygens (including phenoxy) is 1. The number of hydrogen-bond donors (Lipinski definition) is 1. The van der Waals surface area contributed by atoms with E-state index in [9.17, 15) is 9.18 Å². The number of anilines is 1. The Hall–Kier alpha value is -2.12. The van der Waals surface area contributed by atoms with Gasteiger partial charge in [-0.25, -0.2) is 9.18 Å². The van der Waals surface area contributed by atoms with Gasteiger partial charge < -0.3 is 15.0 Å². The van der Waals surface area contributed by atoms with Crippen LogP contribution in [-0.4, -0.2) is 41.0 Å². The van der Waals surface area contributed by atoms with E-state index in [0.717, 1.165) is 29.6 Å². The quantitative estimate of drug-likeness (QED) is 0.787. The number of nitrogens with one attached hydrogen (secondary N) is 1. The van der Waals surface area contributed by atoms with Gasteiger partial charge >= 0.3 is 6.03 Å². The zero-order valence-electron chi connectivity index (χ0n) is 15.5. The van der Waals surface area contributed by atoms with Gasteiger partial charge in [0.2, 0.25) is 0 Å². The minimum Gasteiger partial charge on any atom is -0.383 e. The summed E-state index contributed by atoms with van der Waals surface area (Å²) in [5.41, 5.74) is 2.95. The van der Waals surface area contributed by atoms with Crippen LogP contribution >= 0.6 is 11.6 Å². The van der Waals surface area contributed by atoms with Gasteiger partial charge in [0.25, 0.3) is 0 Å². The number of carbonyl (C=O) groups excluding carboxylic acids is 1. The molecule has 0 aliphatic heterocycles. The molecule has 0 saturated carbocycles. The van der Waals surface area contributed by atoms with E-state index < -0.39 is 11.8 Å². The largest absolute Gasteiger partial charge is 0.383 e. The minimum absolute atomic E-state index is 0.0829. The average molecular weight is 383 g/mol. The summed E-state index contributed by atoms with van der Waals surface area (Å²) >= 11 is 5.75. The highest BCUT2D eigenvalue weighted by molar-refractivity contribution is 6.30. The summed E-state index contributed by atoms with van der Waals surface area (Å²) in [5, 5.41) is 7.35. The summed E-state index contributed by atoms with van der Waals surface area (Å²) in [6.07, 6.45) is 0. The number of nitrogens with zero attached hydrogens (tertiary/aromatic N) is 3. The van der Waals surface area contributed by atoms with Crippen molar-refractivity contribution in [3.05, 3.63) is 46.0 Å². The fraction of sp³-hybridized carbons (Fsp3) is 0.444. The van der Waals surface area contributed by atoms with Gasteiger partial charge in [0.15, 0.2) is 0 Å². The van der Waals surface area contributed by atoms with E-state index in [0.29, 0.717) is 19.7 Å². The molecule has 6 nitrogen and oxygen atoms in total. The topological polar surface area (TPSA) is 59.4 Å². The van der Waals surface area contributed by atoms with Gasteiger partial charge in [-0.1, -0.05) is 11.6 Å². The molecule has 0 fully saturated rings. The first-order chi connectivity index (χ1) is 12.4. The van der Waals surface area contributed by atoms with Crippen molar-refractivity contribution < 1.29 is 13.9 Å². The normalized spacial score (nSPS) is 10.8. The van der Waals surface area contributed by atoms with Crippen molar-refractivity contribution >= 4 is 23.3 Å². The number of urea groups is 1. The molecule has 1 heterocycles. The van der Waals surface area contributed by atoms with Crippen LogP contribution in [0.5, 0.6) is 0 Å². The van der Waals surface area contributed by atoms with Gasteiger partial charge in [0.05, 0.1) is 24.5 Å². The second kappa shape index (κ2) is 9.00. The maximum atomic E-state index is 14.0. The third-order valence-corrected chi connectivity index (χ3v) is 4.44. The summed E-state index contributed by atoms with van der Waals surface area (Å²) < 4.78 is 21.0. The molecule has 0 aliphatic rings. The molecule has 0 atom stereocenters. The lowest BCUT2D eigenvalue weighted by Gasteiger charge is -2.23. The number of hydrogen-bond acceptors (Lipinski definition) is 3. The van der Waals surface area contributed by atoms with Crippen molar-refractivity contribution in [2.45, 2.75) is 33.9 Å². The summed E-state index contributed by atoms with van der Waals surface area (Å²) in [5.74, 6) is -0.580. The van der Waals surface area contributed by atoms with Gasteiger partial charge in [-0.3, -0.25) is 4.68 Å². The summed E-state index contributed by atoms with van der Waals surface area (Å²) in [6, 6.07) is 3.72. The molecule has 8 heteroatoms. The second-order valence-electron chi connectivity index (χ2n) is 5.93. The molecule has 0 spiro atoms. The van der Waals surface area contributed by atoms with Gasteiger partial charge in [0.1, 0.15) is 5.82 Å². The molecule has 1 aromatic carbocycles. The Balaban J connectivity index is 2.20. The lowest BCUT2D eigenvalue weighted by Crippen LogP contribution is -2.37. The van der Waals surface area contributed by atoms with Crippen molar-refractivity contribution in [3.8, 4) is 0 Å². The molecule has 0 saturated heterocycles. The molecule has 0 aliphatic carbocycles. The van der Waals surface area contributed by atoms with Crippen molar-refractivity contribution in [2.24, 2.45) is 0 Å². The van der Waals surface area contributed by atoms with Crippen molar-refractivity contribution in [1.82, 2.24) is 14.7 Å². The van der Waals surface area contributed by atoms with E-state index in [4.69, 9.17) is 16.3 Å². The van der Waals surface area contributed by atoms with E-state index in [1.54, 1.807) is 12.0 Å². The maximum absolute atomic E-state index is 14.0. The van der Waals surface area contributed by atoms with Crippen molar-refractivity contribution in [2.75, 3.05) is 25.6 Å². The van der Waals surface area contributed by atoms with Crippen LogP contribution in [0.1, 0.15) is 23.9 Å². The van der Waals surface area contributed by atoms with E-state index in [2.05, 4.69) is 10.4 Å².